The fraction of sp³-hybridized carbons (Fsp3) is 0.421. The molecule has 0 aromatic heterocycles. The molecule has 1 heterocycles. The van der Waals surface area contributed by atoms with E-state index in [9.17, 15) is 19.5 Å². The van der Waals surface area contributed by atoms with Crippen molar-refractivity contribution < 1.29 is 29.0 Å². The minimum absolute atomic E-state index is 0.135. The highest BCUT2D eigenvalue weighted by Crippen LogP contribution is 2.37. The number of hydrogen-bond donors (Lipinski definition) is 1. The first-order valence-corrected chi connectivity index (χ1v) is 7.95. The summed E-state index contributed by atoms with van der Waals surface area (Å²) in [5.74, 6) is -2.27. The normalized spacial score (nSPS) is 34.2. The van der Waals surface area contributed by atoms with E-state index < -0.39 is 36.2 Å². The first-order valence-electron chi connectivity index (χ1n) is 7.95. The predicted molar refractivity (Wildman–Crippen MR) is 90.3 cm³/mol. The summed E-state index contributed by atoms with van der Waals surface area (Å²) >= 11 is 0. The highest BCUT2D eigenvalue weighted by molar-refractivity contribution is 6.00. The minimum atomic E-state index is -1.20. The van der Waals surface area contributed by atoms with Gasteiger partial charge in [0.05, 0.1) is 5.92 Å². The molecule has 1 fully saturated rings. The molecule has 0 spiro atoms. The van der Waals surface area contributed by atoms with E-state index in [4.69, 9.17) is 9.47 Å². The van der Waals surface area contributed by atoms with E-state index in [1.807, 2.05) is 0 Å². The van der Waals surface area contributed by atoms with Crippen LogP contribution < -0.4 is 0 Å². The van der Waals surface area contributed by atoms with Gasteiger partial charge in [-0.25, -0.2) is 9.59 Å². The molecular weight excluding hydrogens is 324 g/mol. The highest BCUT2D eigenvalue weighted by atomic mass is 16.6. The molecule has 0 unspecified atom stereocenters. The fourth-order valence-corrected chi connectivity index (χ4v) is 3.01. The van der Waals surface area contributed by atoms with Gasteiger partial charge in [-0.05, 0) is 38.5 Å². The lowest BCUT2D eigenvalue weighted by Gasteiger charge is -2.30. The summed E-state index contributed by atoms with van der Waals surface area (Å²) in [5.41, 5.74) is 1.38. The number of fused-ring (bicyclic) bond motifs is 1. The number of aliphatic hydroxyl groups is 1. The number of carbonyl (C=O) groups is 3. The first-order chi connectivity index (χ1) is 11.6. The average Bonchev–Trinajstić information content (AvgIpc) is 2.80. The molecule has 0 bridgehead atoms. The molecule has 0 saturated carbocycles. The highest BCUT2D eigenvalue weighted by Gasteiger charge is 2.48. The van der Waals surface area contributed by atoms with Crippen molar-refractivity contribution >= 4 is 17.7 Å². The van der Waals surface area contributed by atoms with E-state index in [1.165, 1.54) is 19.1 Å². The van der Waals surface area contributed by atoms with Gasteiger partial charge >= 0.3 is 11.9 Å². The number of esters is 2. The Morgan fingerprint density at radius 1 is 1.32 bits per heavy atom. The van der Waals surface area contributed by atoms with Crippen molar-refractivity contribution in [1.82, 2.24) is 0 Å². The Hall–Kier alpha value is -2.47. The molecule has 134 valence electrons. The SMILES string of the molecule is C=C(C)C(=O)O[C@H]1C/C(C)=C/C(=O)/C=C(/C)[C@H](O)[C@@H]2OC(=O)C(=C)[C@@H]21. The number of ketones is 1. The van der Waals surface area contributed by atoms with E-state index >= 15 is 0 Å². The van der Waals surface area contributed by atoms with Crippen molar-refractivity contribution in [3.05, 3.63) is 47.6 Å². The zero-order chi connectivity index (χ0) is 18.9. The van der Waals surface area contributed by atoms with E-state index in [0.29, 0.717) is 11.1 Å². The molecule has 0 radical (unpaired) electrons. The molecular formula is C19H22O6. The van der Waals surface area contributed by atoms with Crippen LogP contribution in [-0.4, -0.2) is 41.1 Å². The predicted octanol–water partition coefficient (Wildman–Crippen LogP) is 1.80. The number of carbonyl (C=O) groups excluding carboxylic acids is 3. The molecule has 0 aromatic rings. The molecule has 6 heteroatoms. The van der Waals surface area contributed by atoms with Gasteiger partial charge in [0.25, 0.3) is 0 Å². The van der Waals surface area contributed by atoms with Gasteiger partial charge in [0.15, 0.2) is 5.78 Å². The van der Waals surface area contributed by atoms with Crippen LogP contribution in [-0.2, 0) is 23.9 Å². The summed E-state index contributed by atoms with van der Waals surface area (Å²) in [5, 5.41) is 10.5. The fourth-order valence-electron chi connectivity index (χ4n) is 3.01. The maximum atomic E-state index is 12.0. The molecule has 1 N–H and O–H groups in total. The molecule has 25 heavy (non-hydrogen) atoms. The molecule has 1 aliphatic heterocycles. The maximum Gasteiger partial charge on any atom is 0.334 e. The summed E-state index contributed by atoms with van der Waals surface area (Å²) in [6.45, 7) is 12.1. The van der Waals surface area contributed by atoms with Gasteiger partial charge in [-0.15, -0.1) is 0 Å². The molecule has 4 atom stereocenters. The van der Waals surface area contributed by atoms with Crippen LogP contribution in [0.25, 0.3) is 0 Å². The van der Waals surface area contributed by atoms with Crippen LogP contribution in [0.15, 0.2) is 47.6 Å². The molecule has 6 nitrogen and oxygen atoms in total. The van der Waals surface area contributed by atoms with E-state index in [1.54, 1.807) is 13.8 Å². The van der Waals surface area contributed by atoms with Crippen molar-refractivity contribution in [3.8, 4) is 0 Å². The maximum absolute atomic E-state index is 12.0. The van der Waals surface area contributed by atoms with E-state index in [2.05, 4.69) is 13.2 Å². The lowest BCUT2D eigenvalue weighted by atomic mass is 9.83. The Bertz CT molecular complexity index is 711. The van der Waals surface area contributed by atoms with Crippen LogP contribution in [0.1, 0.15) is 27.2 Å². The summed E-state index contributed by atoms with van der Waals surface area (Å²) in [6, 6.07) is 0. The quantitative estimate of drug-likeness (QED) is 0.606. The van der Waals surface area contributed by atoms with E-state index in [-0.39, 0.29) is 23.4 Å². The zero-order valence-electron chi connectivity index (χ0n) is 14.6. The Kier molecular flexibility index (Phi) is 5.42. The standard InChI is InChI=1S/C19H22O6/c1-9(2)18(22)24-14-7-10(3)6-13(20)8-11(4)16(21)17-15(14)12(5)19(23)25-17/h6,8,14-17,21H,1,5,7H2,2-4H3/b10-6+,11-8-/t14-,15+,16-,17+/m0/s1. The van der Waals surface area contributed by atoms with Crippen molar-refractivity contribution in [1.29, 1.82) is 0 Å². The summed E-state index contributed by atoms with van der Waals surface area (Å²) in [7, 11) is 0. The third-order valence-corrected chi connectivity index (χ3v) is 4.33. The van der Waals surface area contributed by atoms with Crippen LogP contribution in [0.3, 0.4) is 0 Å². The smallest absolute Gasteiger partial charge is 0.334 e. The third kappa shape index (κ3) is 3.96. The van der Waals surface area contributed by atoms with Gasteiger partial charge in [-0.2, -0.15) is 0 Å². The number of aliphatic hydroxyl groups excluding tert-OH is 1. The van der Waals surface area contributed by atoms with Gasteiger partial charge in [0.2, 0.25) is 0 Å². The Balaban J connectivity index is 2.50. The van der Waals surface area contributed by atoms with Crippen LogP contribution in [0.2, 0.25) is 0 Å². The Morgan fingerprint density at radius 2 is 1.96 bits per heavy atom. The monoisotopic (exact) mass is 346 g/mol. The number of rotatable bonds is 2. The molecule has 0 amide bonds. The number of hydrogen-bond acceptors (Lipinski definition) is 6. The van der Waals surface area contributed by atoms with Crippen molar-refractivity contribution in [2.24, 2.45) is 5.92 Å². The van der Waals surface area contributed by atoms with E-state index in [0.717, 1.165) is 0 Å². The molecule has 0 aromatic carbocycles. The Labute approximate surface area is 146 Å². The molecule has 1 aliphatic carbocycles. The largest absolute Gasteiger partial charge is 0.458 e. The van der Waals surface area contributed by atoms with Crippen LogP contribution in [0.5, 0.6) is 0 Å². The van der Waals surface area contributed by atoms with Crippen LogP contribution in [0, 0.1) is 5.92 Å². The summed E-state index contributed by atoms with van der Waals surface area (Å²) < 4.78 is 10.8. The van der Waals surface area contributed by atoms with Gasteiger partial charge in [-0.1, -0.05) is 18.7 Å². The van der Waals surface area contributed by atoms with Gasteiger partial charge in [-0.3, -0.25) is 4.79 Å². The molecule has 2 aliphatic rings. The van der Waals surface area contributed by atoms with Crippen LogP contribution >= 0.6 is 0 Å². The van der Waals surface area contributed by atoms with Crippen LogP contribution in [0.4, 0.5) is 0 Å². The second kappa shape index (κ2) is 7.19. The molecule has 2 rings (SSSR count). The van der Waals surface area contributed by atoms with Gasteiger partial charge in [0, 0.05) is 17.6 Å². The minimum Gasteiger partial charge on any atom is -0.458 e. The summed E-state index contributed by atoms with van der Waals surface area (Å²) in [6.07, 6.45) is -0.0503. The lowest BCUT2D eigenvalue weighted by Crippen LogP contribution is -2.41. The lowest BCUT2D eigenvalue weighted by molar-refractivity contribution is -0.150. The van der Waals surface area contributed by atoms with Gasteiger partial charge in [0.1, 0.15) is 18.3 Å². The van der Waals surface area contributed by atoms with Crippen molar-refractivity contribution in [2.75, 3.05) is 0 Å². The first kappa shape index (κ1) is 18.9. The third-order valence-electron chi connectivity index (χ3n) is 4.33. The number of allylic oxidation sites excluding steroid dienone is 2. The topological polar surface area (TPSA) is 89.9 Å². The van der Waals surface area contributed by atoms with Crippen molar-refractivity contribution in [2.45, 2.75) is 45.5 Å². The van der Waals surface area contributed by atoms with Crippen molar-refractivity contribution in [3.63, 3.8) is 0 Å². The Morgan fingerprint density at radius 3 is 2.56 bits per heavy atom. The summed E-state index contributed by atoms with van der Waals surface area (Å²) in [4.78, 5) is 36.0. The second-order valence-electron chi connectivity index (χ2n) is 6.58. The average molecular weight is 346 g/mol. The number of ether oxygens (including phenoxy) is 2. The van der Waals surface area contributed by atoms with Gasteiger partial charge < -0.3 is 14.6 Å². The second-order valence-corrected chi connectivity index (χ2v) is 6.58. The molecule has 1 saturated heterocycles. The zero-order valence-corrected chi connectivity index (χ0v) is 14.6.